The first-order valence-corrected chi connectivity index (χ1v) is 11.6. The molecule has 0 saturated carbocycles. The molecule has 0 radical (unpaired) electrons. The number of hydrogen-bond donors (Lipinski definition) is 1. The largest absolute Gasteiger partial charge is 0.493 e. The van der Waals surface area contributed by atoms with Gasteiger partial charge in [0.1, 0.15) is 0 Å². The molecule has 0 bridgehead atoms. The number of carbonyl (C=O) groups is 1. The van der Waals surface area contributed by atoms with Crippen LogP contribution in [0, 0.1) is 0 Å². The highest BCUT2D eigenvalue weighted by Gasteiger charge is 2.12. The van der Waals surface area contributed by atoms with Gasteiger partial charge in [0.2, 0.25) is 11.7 Å². The lowest BCUT2D eigenvalue weighted by molar-refractivity contribution is -0.120. The molecule has 2 rings (SSSR count). The van der Waals surface area contributed by atoms with Crippen molar-refractivity contribution < 1.29 is 28.5 Å². The Hall–Kier alpha value is -3.39. The van der Waals surface area contributed by atoms with E-state index in [1.807, 2.05) is 36.4 Å². The summed E-state index contributed by atoms with van der Waals surface area (Å²) in [6.45, 7) is 2.45. The zero-order valence-electron chi connectivity index (χ0n) is 21.7. The van der Waals surface area contributed by atoms with Gasteiger partial charge in [-0.3, -0.25) is 4.79 Å². The number of nitrogens with zero attached hydrogens (tertiary/aromatic N) is 1. The summed E-state index contributed by atoms with van der Waals surface area (Å²) in [5.74, 6) is 3.16. The Morgan fingerprint density at radius 1 is 0.857 bits per heavy atom. The van der Waals surface area contributed by atoms with Crippen LogP contribution in [0.1, 0.15) is 24.0 Å². The summed E-state index contributed by atoms with van der Waals surface area (Å²) in [6.07, 6.45) is 5.78. The van der Waals surface area contributed by atoms with E-state index in [1.54, 1.807) is 35.5 Å². The number of likely N-dealkylation sites (N-methyl/N-ethyl adjacent to an activating group) is 1. The average molecular weight is 487 g/mol. The van der Waals surface area contributed by atoms with Crippen molar-refractivity contribution in [1.82, 2.24) is 10.2 Å². The zero-order valence-corrected chi connectivity index (χ0v) is 21.7. The second-order valence-corrected chi connectivity index (χ2v) is 8.01. The number of amides is 1. The molecule has 192 valence electrons. The Bertz CT molecular complexity index is 951. The van der Waals surface area contributed by atoms with Crippen molar-refractivity contribution in [1.29, 1.82) is 0 Å². The van der Waals surface area contributed by atoms with E-state index in [1.165, 1.54) is 5.56 Å². The minimum absolute atomic E-state index is 0.0123. The molecule has 1 N–H and O–H groups in total. The highest BCUT2D eigenvalue weighted by atomic mass is 16.5. The van der Waals surface area contributed by atoms with E-state index in [0.29, 0.717) is 30.2 Å². The van der Waals surface area contributed by atoms with Crippen LogP contribution in [0.2, 0.25) is 0 Å². The SMILES string of the molecule is COc1ccc(CCN(C)CCCNC(=O)CC=Cc2cc(OC)c(OC)c(OC)c2)cc1OC. The first-order chi connectivity index (χ1) is 16.9. The number of methoxy groups -OCH3 is 5. The second-order valence-electron chi connectivity index (χ2n) is 8.01. The minimum Gasteiger partial charge on any atom is -0.493 e. The second kappa shape index (κ2) is 14.8. The summed E-state index contributed by atoms with van der Waals surface area (Å²) >= 11 is 0. The molecule has 8 nitrogen and oxygen atoms in total. The highest BCUT2D eigenvalue weighted by Crippen LogP contribution is 2.38. The molecule has 0 saturated heterocycles. The van der Waals surface area contributed by atoms with Crippen molar-refractivity contribution >= 4 is 12.0 Å². The van der Waals surface area contributed by atoms with Gasteiger partial charge >= 0.3 is 0 Å². The third kappa shape index (κ3) is 8.72. The lowest BCUT2D eigenvalue weighted by Crippen LogP contribution is -2.28. The van der Waals surface area contributed by atoms with Crippen LogP contribution in [0.3, 0.4) is 0 Å². The van der Waals surface area contributed by atoms with E-state index in [9.17, 15) is 4.79 Å². The van der Waals surface area contributed by atoms with Crippen molar-refractivity contribution in [2.24, 2.45) is 0 Å². The van der Waals surface area contributed by atoms with E-state index in [-0.39, 0.29) is 5.91 Å². The molecule has 0 aliphatic rings. The zero-order chi connectivity index (χ0) is 25.6. The summed E-state index contributed by atoms with van der Waals surface area (Å²) in [5, 5.41) is 2.97. The van der Waals surface area contributed by atoms with Crippen molar-refractivity contribution in [2.75, 3.05) is 62.2 Å². The molecule has 8 heteroatoms. The fraction of sp³-hybridized carbons (Fsp3) is 0.444. The number of rotatable bonds is 15. The predicted octanol–water partition coefficient (Wildman–Crippen LogP) is 3.81. The molecule has 0 aliphatic heterocycles. The molecule has 2 aromatic rings. The monoisotopic (exact) mass is 486 g/mol. The summed E-state index contributed by atoms with van der Waals surface area (Å²) in [7, 11) is 10.1. The van der Waals surface area contributed by atoms with Crippen molar-refractivity contribution in [3.05, 3.63) is 47.5 Å². The van der Waals surface area contributed by atoms with E-state index in [4.69, 9.17) is 23.7 Å². The van der Waals surface area contributed by atoms with E-state index in [2.05, 4.69) is 23.3 Å². The van der Waals surface area contributed by atoms with Gasteiger partial charge in [0.05, 0.1) is 35.5 Å². The molecule has 35 heavy (non-hydrogen) atoms. The highest BCUT2D eigenvalue weighted by molar-refractivity contribution is 5.78. The normalized spacial score (nSPS) is 10.9. The first-order valence-electron chi connectivity index (χ1n) is 11.6. The molecule has 0 unspecified atom stereocenters. The molecule has 0 aliphatic carbocycles. The maximum absolute atomic E-state index is 12.2. The van der Waals surface area contributed by atoms with Gasteiger partial charge in [0, 0.05) is 19.5 Å². The summed E-state index contributed by atoms with van der Waals surface area (Å²) in [4.78, 5) is 14.4. The van der Waals surface area contributed by atoms with Gasteiger partial charge in [0.25, 0.3) is 0 Å². The standard InChI is InChI=1S/C27H38N2O6/c1-29(16-13-20-11-12-22(31-2)23(17-20)32-3)15-8-14-28-26(30)10-7-9-21-18-24(33-4)27(35-6)25(19-21)34-5/h7,9,11-12,17-19H,8,10,13-16H2,1-6H3,(H,28,30). The Labute approximate surface area is 208 Å². The van der Waals surface area contributed by atoms with Gasteiger partial charge in [-0.25, -0.2) is 0 Å². The van der Waals surface area contributed by atoms with Crippen molar-refractivity contribution in [2.45, 2.75) is 19.3 Å². The maximum atomic E-state index is 12.2. The predicted molar refractivity (Wildman–Crippen MR) is 138 cm³/mol. The third-order valence-electron chi connectivity index (χ3n) is 5.57. The summed E-state index contributed by atoms with van der Waals surface area (Å²) in [5.41, 5.74) is 2.06. The van der Waals surface area contributed by atoms with E-state index < -0.39 is 0 Å². The first kappa shape index (κ1) is 27.9. The van der Waals surface area contributed by atoms with Gasteiger partial charge in [-0.1, -0.05) is 18.2 Å². The average Bonchev–Trinajstić information content (AvgIpc) is 2.88. The molecule has 2 aromatic carbocycles. The summed E-state index contributed by atoms with van der Waals surface area (Å²) in [6, 6.07) is 9.68. The lowest BCUT2D eigenvalue weighted by Gasteiger charge is -2.17. The smallest absolute Gasteiger partial charge is 0.223 e. The van der Waals surface area contributed by atoms with Gasteiger partial charge in [0.15, 0.2) is 23.0 Å². The van der Waals surface area contributed by atoms with Gasteiger partial charge < -0.3 is 33.9 Å². The van der Waals surface area contributed by atoms with Gasteiger partial charge in [-0.2, -0.15) is 0 Å². The van der Waals surface area contributed by atoms with Crippen LogP contribution in [0.5, 0.6) is 28.7 Å². The molecule has 1 amide bonds. The molecule has 0 heterocycles. The molecule has 0 spiro atoms. The molecule has 0 atom stereocenters. The van der Waals surface area contributed by atoms with E-state index >= 15 is 0 Å². The number of carbonyl (C=O) groups excluding carboxylic acids is 1. The Morgan fingerprint density at radius 3 is 2.11 bits per heavy atom. The van der Waals surface area contributed by atoms with Crippen LogP contribution >= 0.6 is 0 Å². The fourth-order valence-corrected chi connectivity index (χ4v) is 3.62. The Morgan fingerprint density at radius 2 is 1.51 bits per heavy atom. The van der Waals surface area contributed by atoms with Crippen LogP contribution in [-0.2, 0) is 11.2 Å². The topological polar surface area (TPSA) is 78.5 Å². The van der Waals surface area contributed by atoms with E-state index in [0.717, 1.165) is 43.0 Å². The van der Waals surface area contributed by atoms with Crippen LogP contribution in [0.15, 0.2) is 36.4 Å². The number of ether oxygens (including phenoxy) is 5. The van der Waals surface area contributed by atoms with Crippen molar-refractivity contribution in [3.63, 3.8) is 0 Å². The van der Waals surface area contributed by atoms with Crippen LogP contribution in [0.4, 0.5) is 0 Å². The van der Waals surface area contributed by atoms with Crippen LogP contribution in [-0.4, -0.2) is 73.0 Å². The summed E-state index contributed by atoms with van der Waals surface area (Å²) < 4.78 is 26.7. The lowest BCUT2D eigenvalue weighted by atomic mass is 10.1. The Balaban J connectivity index is 1.70. The molecular weight excluding hydrogens is 448 g/mol. The number of nitrogens with one attached hydrogen (secondary N) is 1. The third-order valence-corrected chi connectivity index (χ3v) is 5.57. The quantitative estimate of drug-likeness (QED) is 0.384. The fourth-order valence-electron chi connectivity index (χ4n) is 3.62. The number of hydrogen-bond acceptors (Lipinski definition) is 7. The maximum Gasteiger partial charge on any atom is 0.223 e. The molecule has 0 fully saturated rings. The van der Waals surface area contributed by atoms with Gasteiger partial charge in [-0.05, 0) is 61.8 Å². The van der Waals surface area contributed by atoms with Crippen LogP contribution in [0.25, 0.3) is 6.08 Å². The van der Waals surface area contributed by atoms with Crippen molar-refractivity contribution in [3.8, 4) is 28.7 Å². The van der Waals surface area contributed by atoms with Gasteiger partial charge in [-0.15, -0.1) is 0 Å². The molecular formula is C27H38N2O6. The van der Waals surface area contributed by atoms with Crippen LogP contribution < -0.4 is 29.0 Å². The Kier molecular flexibility index (Phi) is 11.8. The minimum atomic E-state index is -0.0123. The molecule has 0 aromatic heterocycles. The number of benzene rings is 2.